The third kappa shape index (κ3) is 2.99. The van der Waals surface area contributed by atoms with Gasteiger partial charge in [0.15, 0.2) is 0 Å². The topological polar surface area (TPSA) is 58.6 Å². The molecule has 24 heavy (non-hydrogen) atoms. The zero-order valence-corrected chi connectivity index (χ0v) is 13.0. The van der Waals surface area contributed by atoms with Crippen molar-refractivity contribution in [3.63, 3.8) is 0 Å². The zero-order valence-electron chi connectivity index (χ0n) is 13.0. The van der Waals surface area contributed by atoms with Gasteiger partial charge in [0.25, 0.3) is 5.91 Å². The van der Waals surface area contributed by atoms with Crippen molar-refractivity contribution in [1.29, 1.82) is 0 Å². The lowest BCUT2D eigenvalue weighted by molar-refractivity contribution is -0.123. The number of ether oxygens (including phenoxy) is 1. The molecule has 0 saturated carbocycles. The van der Waals surface area contributed by atoms with Crippen molar-refractivity contribution in [1.82, 2.24) is 10.2 Å². The molecule has 0 atom stereocenters. The lowest BCUT2D eigenvalue weighted by atomic mass is 10.1. The van der Waals surface area contributed by atoms with Crippen LogP contribution in [0.5, 0.6) is 5.75 Å². The van der Waals surface area contributed by atoms with E-state index in [1.54, 1.807) is 42.5 Å². The molecule has 1 fully saturated rings. The first-order valence-electron chi connectivity index (χ1n) is 7.31. The molecule has 1 N–H and O–H groups in total. The molecule has 0 bridgehead atoms. The van der Waals surface area contributed by atoms with E-state index in [0.29, 0.717) is 11.3 Å². The molecule has 1 heterocycles. The minimum Gasteiger partial charge on any atom is -0.496 e. The number of para-hydroxylation sites is 1. The molecule has 5 nitrogen and oxygen atoms in total. The van der Waals surface area contributed by atoms with E-state index >= 15 is 0 Å². The molecule has 3 amide bonds. The van der Waals surface area contributed by atoms with Crippen LogP contribution in [-0.4, -0.2) is 23.9 Å². The SMILES string of the molecule is COc1ccccc1/C=C1/NC(=O)N(Cc2ccccc2F)C1=O. The Morgan fingerprint density at radius 3 is 2.58 bits per heavy atom. The van der Waals surface area contributed by atoms with Gasteiger partial charge in [-0.1, -0.05) is 36.4 Å². The fourth-order valence-corrected chi connectivity index (χ4v) is 2.45. The summed E-state index contributed by atoms with van der Waals surface area (Å²) in [6.07, 6.45) is 1.54. The van der Waals surface area contributed by atoms with Crippen molar-refractivity contribution >= 4 is 18.0 Å². The van der Waals surface area contributed by atoms with Crippen LogP contribution in [0.3, 0.4) is 0 Å². The van der Waals surface area contributed by atoms with E-state index in [1.165, 1.54) is 19.2 Å². The van der Waals surface area contributed by atoms with Crippen molar-refractivity contribution in [3.05, 3.63) is 71.2 Å². The predicted octanol–water partition coefficient (Wildman–Crippen LogP) is 2.93. The summed E-state index contributed by atoms with van der Waals surface area (Å²) in [6.45, 7) is -0.124. The van der Waals surface area contributed by atoms with Gasteiger partial charge in [0.1, 0.15) is 17.3 Å². The van der Waals surface area contributed by atoms with E-state index in [2.05, 4.69) is 5.32 Å². The first kappa shape index (κ1) is 15.7. The molecule has 0 unspecified atom stereocenters. The number of carbonyl (C=O) groups is 2. The number of nitrogens with one attached hydrogen (secondary N) is 1. The van der Waals surface area contributed by atoms with Crippen molar-refractivity contribution in [2.24, 2.45) is 0 Å². The van der Waals surface area contributed by atoms with E-state index in [9.17, 15) is 14.0 Å². The molecule has 0 aliphatic carbocycles. The Kier molecular flexibility index (Phi) is 4.29. The van der Waals surface area contributed by atoms with Gasteiger partial charge in [0.05, 0.1) is 13.7 Å². The summed E-state index contributed by atoms with van der Waals surface area (Å²) in [5, 5.41) is 2.51. The third-order valence-electron chi connectivity index (χ3n) is 3.69. The highest BCUT2D eigenvalue weighted by molar-refractivity contribution is 6.14. The standard InChI is InChI=1S/C18H15FN2O3/c1-24-16-9-5-3-6-12(16)10-15-17(22)21(18(23)20-15)11-13-7-2-4-8-14(13)19/h2-10H,11H2,1H3,(H,20,23)/b15-10+. The summed E-state index contributed by atoms with van der Waals surface area (Å²) in [6, 6.07) is 12.6. The number of hydrogen-bond acceptors (Lipinski definition) is 3. The Hall–Kier alpha value is -3.15. The van der Waals surface area contributed by atoms with Crippen LogP contribution in [0.4, 0.5) is 9.18 Å². The van der Waals surface area contributed by atoms with Crippen molar-refractivity contribution < 1.29 is 18.7 Å². The Bertz CT molecular complexity index is 833. The van der Waals surface area contributed by atoms with Gasteiger partial charge in [-0.3, -0.25) is 9.69 Å². The molecule has 3 rings (SSSR count). The minimum absolute atomic E-state index is 0.124. The van der Waals surface area contributed by atoms with E-state index in [0.717, 1.165) is 4.90 Å². The molecular formula is C18H15FN2O3. The minimum atomic E-state index is -0.579. The largest absolute Gasteiger partial charge is 0.496 e. The highest BCUT2D eigenvalue weighted by atomic mass is 19.1. The van der Waals surface area contributed by atoms with Crippen LogP contribution in [-0.2, 0) is 11.3 Å². The molecule has 2 aromatic carbocycles. The Morgan fingerprint density at radius 2 is 1.83 bits per heavy atom. The fraction of sp³-hybridized carbons (Fsp3) is 0.111. The van der Waals surface area contributed by atoms with Crippen LogP contribution in [0.2, 0.25) is 0 Å². The number of hydrogen-bond donors (Lipinski definition) is 1. The van der Waals surface area contributed by atoms with Gasteiger partial charge in [-0.25, -0.2) is 9.18 Å². The average molecular weight is 326 g/mol. The molecule has 0 spiro atoms. The fourth-order valence-electron chi connectivity index (χ4n) is 2.45. The average Bonchev–Trinajstić information content (AvgIpc) is 2.85. The second-order valence-electron chi connectivity index (χ2n) is 5.21. The summed E-state index contributed by atoms with van der Waals surface area (Å²) in [5.41, 5.74) is 1.07. The molecule has 1 aliphatic rings. The predicted molar refractivity (Wildman–Crippen MR) is 86.5 cm³/mol. The quantitative estimate of drug-likeness (QED) is 0.694. The van der Waals surface area contributed by atoms with Gasteiger partial charge in [0.2, 0.25) is 0 Å². The highest BCUT2D eigenvalue weighted by Crippen LogP contribution is 2.23. The van der Waals surface area contributed by atoms with Crippen molar-refractivity contribution in [3.8, 4) is 5.75 Å². The van der Waals surface area contributed by atoms with Gasteiger partial charge in [-0.15, -0.1) is 0 Å². The highest BCUT2D eigenvalue weighted by Gasteiger charge is 2.34. The normalized spacial score (nSPS) is 15.8. The summed E-state index contributed by atoms with van der Waals surface area (Å²) in [5.74, 6) is -0.381. The maximum Gasteiger partial charge on any atom is 0.329 e. The monoisotopic (exact) mass is 326 g/mol. The Labute approximate surface area is 138 Å². The maximum absolute atomic E-state index is 13.7. The van der Waals surface area contributed by atoms with Crippen molar-refractivity contribution in [2.75, 3.05) is 7.11 Å². The second-order valence-corrected chi connectivity index (χ2v) is 5.21. The first-order chi connectivity index (χ1) is 11.6. The van der Waals surface area contributed by atoms with Crippen LogP contribution in [0.25, 0.3) is 6.08 Å². The first-order valence-corrected chi connectivity index (χ1v) is 7.31. The van der Waals surface area contributed by atoms with Crippen LogP contribution in [0, 0.1) is 5.82 Å². The zero-order chi connectivity index (χ0) is 17.1. The molecule has 0 aromatic heterocycles. The van der Waals surface area contributed by atoms with Crippen LogP contribution in [0.1, 0.15) is 11.1 Å². The second kappa shape index (κ2) is 6.54. The van der Waals surface area contributed by atoms with E-state index in [-0.39, 0.29) is 17.8 Å². The number of nitrogens with zero attached hydrogens (tertiary/aromatic N) is 1. The summed E-state index contributed by atoms with van der Waals surface area (Å²) in [4.78, 5) is 25.5. The number of carbonyl (C=O) groups excluding carboxylic acids is 2. The number of rotatable bonds is 4. The lowest BCUT2D eigenvalue weighted by Crippen LogP contribution is -2.30. The maximum atomic E-state index is 13.7. The lowest BCUT2D eigenvalue weighted by Gasteiger charge is -2.12. The molecule has 6 heteroatoms. The number of amides is 3. The number of urea groups is 1. The van der Waals surface area contributed by atoms with E-state index < -0.39 is 17.8 Å². The molecule has 2 aromatic rings. The number of imide groups is 1. The molecule has 0 radical (unpaired) electrons. The molecule has 1 aliphatic heterocycles. The Balaban J connectivity index is 1.86. The summed E-state index contributed by atoms with van der Waals surface area (Å²) >= 11 is 0. The number of benzene rings is 2. The van der Waals surface area contributed by atoms with Crippen LogP contribution >= 0.6 is 0 Å². The summed E-state index contributed by atoms with van der Waals surface area (Å²) < 4.78 is 19.0. The van der Waals surface area contributed by atoms with Gasteiger partial charge >= 0.3 is 6.03 Å². The smallest absolute Gasteiger partial charge is 0.329 e. The Morgan fingerprint density at radius 1 is 1.12 bits per heavy atom. The van der Waals surface area contributed by atoms with Gasteiger partial charge in [-0.2, -0.15) is 0 Å². The molecule has 122 valence electrons. The van der Waals surface area contributed by atoms with Crippen LogP contribution < -0.4 is 10.1 Å². The van der Waals surface area contributed by atoms with Crippen molar-refractivity contribution in [2.45, 2.75) is 6.54 Å². The molecule has 1 saturated heterocycles. The molecular weight excluding hydrogens is 311 g/mol. The van der Waals surface area contributed by atoms with Gasteiger partial charge in [-0.05, 0) is 18.2 Å². The van der Waals surface area contributed by atoms with Gasteiger partial charge < -0.3 is 10.1 Å². The number of methoxy groups -OCH3 is 1. The van der Waals surface area contributed by atoms with Crippen LogP contribution in [0.15, 0.2) is 54.2 Å². The third-order valence-corrected chi connectivity index (χ3v) is 3.69. The number of halogens is 1. The van der Waals surface area contributed by atoms with E-state index in [1.807, 2.05) is 0 Å². The summed E-state index contributed by atoms with van der Waals surface area (Å²) in [7, 11) is 1.52. The van der Waals surface area contributed by atoms with E-state index in [4.69, 9.17) is 4.74 Å². The van der Waals surface area contributed by atoms with Gasteiger partial charge in [0, 0.05) is 11.1 Å².